The van der Waals surface area contributed by atoms with Crippen molar-refractivity contribution in [2.45, 2.75) is 31.5 Å². The Hall–Kier alpha value is -2.21. The summed E-state index contributed by atoms with van der Waals surface area (Å²) in [6.45, 7) is 1.93. The number of aliphatic hydroxyl groups excluding tert-OH is 3. The molecule has 0 aliphatic carbocycles. The van der Waals surface area contributed by atoms with E-state index in [2.05, 4.69) is 10.3 Å². The highest BCUT2D eigenvalue weighted by Crippen LogP contribution is 2.34. The first kappa shape index (κ1) is 16.6. The third kappa shape index (κ3) is 2.41. The van der Waals surface area contributed by atoms with Crippen LogP contribution in [0.2, 0.25) is 0 Å². The number of imidazole rings is 1. The maximum Gasteiger partial charge on any atom is 0.228 e. The molecule has 4 atom stereocenters. The van der Waals surface area contributed by atoms with Gasteiger partial charge < -0.3 is 25.4 Å². The molecular weight excluding hydrogens is 320 g/mol. The van der Waals surface area contributed by atoms with Gasteiger partial charge >= 0.3 is 0 Å². The van der Waals surface area contributed by atoms with Crippen LogP contribution in [0.4, 0.5) is 5.82 Å². The Kier molecular flexibility index (Phi) is 4.41. The van der Waals surface area contributed by atoms with Gasteiger partial charge in [0, 0.05) is 6.54 Å². The minimum absolute atomic E-state index is 0.0307. The molecule has 3 heterocycles. The molecule has 5 N–H and O–H groups in total. The molecule has 1 aromatic rings. The van der Waals surface area contributed by atoms with E-state index in [0.29, 0.717) is 24.5 Å². The van der Waals surface area contributed by atoms with Crippen LogP contribution in [0, 0.1) is 5.41 Å². The highest BCUT2D eigenvalue weighted by molar-refractivity contribution is 6.00. The average molecular weight is 340 g/mol. The summed E-state index contributed by atoms with van der Waals surface area (Å²) < 4.78 is 6.95. The largest absolute Gasteiger partial charge is 0.394 e. The number of carbonyl (C=O) groups excluding carboxylic acids is 1. The summed E-state index contributed by atoms with van der Waals surface area (Å²) in [5.74, 6) is 0.469. The number of aliphatic hydroxyl groups is 3. The van der Waals surface area contributed by atoms with E-state index in [-0.39, 0.29) is 12.5 Å². The van der Waals surface area contributed by atoms with Gasteiger partial charge in [-0.1, -0.05) is 0 Å². The number of nitrogens with one attached hydrogen (secondary N) is 2. The quantitative estimate of drug-likeness (QED) is 0.383. The Balaban J connectivity index is 1.88. The van der Waals surface area contributed by atoms with Gasteiger partial charge in [-0.25, -0.2) is 9.99 Å². The summed E-state index contributed by atoms with van der Waals surface area (Å²) in [5.41, 5.74) is 0.291. The third-order valence-corrected chi connectivity index (χ3v) is 4.22. The SMILES string of the molecule is CCN(C=O)N1CNc2c(ncn2[C@@H]2O[C@H](CO)[C@@H](O)[C@H]2O)C1=N. The van der Waals surface area contributed by atoms with E-state index >= 15 is 0 Å². The van der Waals surface area contributed by atoms with Crippen molar-refractivity contribution in [3.05, 3.63) is 12.0 Å². The minimum atomic E-state index is -1.24. The molecule has 11 nitrogen and oxygen atoms in total. The van der Waals surface area contributed by atoms with Crippen molar-refractivity contribution in [3.8, 4) is 0 Å². The van der Waals surface area contributed by atoms with E-state index in [1.165, 1.54) is 20.9 Å². The maximum absolute atomic E-state index is 11.1. The van der Waals surface area contributed by atoms with Gasteiger partial charge in [0.05, 0.1) is 12.9 Å². The van der Waals surface area contributed by atoms with Crippen LogP contribution in [0.1, 0.15) is 18.8 Å². The predicted octanol–water partition coefficient (Wildman–Crippen LogP) is -2.10. The zero-order valence-electron chi connectivity index (χ0n) is 13.0. The normalized spacial score (nSPS) is 29.3. The number of rotatable bonds is 5. The van der Waals surface area contributed by atoms with Crippen molar-refractivity contribution in [2.75, 3.05) is 25.1 Å². The summed E-state index contributed by atoms with van der Waals surface area (Å²) >= 11 is 0. The summed E-state index contributed by atoms with van der Waals surface area (Å²) in [4.78, 5) is 15.2. The van der Waals surface area contributed by atoms with Crippen LogP contribution in [0.15, 0.2) is 6.33 Å². The third-order valence-electron chi connectivity index (χ3n) is 4.22. The molecule has 2 aliphatic heterocycles. The lowest BCUT2D eigenvalue weighted by Gasteiger charge is -2.36. The highest BCUT2D eigenvalue weighted by atomic mass is 16.6. The van der Waals surface area contributed by atoms with E-state index in [1.807, 2.05) is 0 Å². The van der Waals surface area contributed by atoms with Crippen molar-refractivity contribution in [1.29, 1.82) is 5.41 Å². The molecule has 0 spiro atoms. The molecule has 0 saturated carbocycles. The first-order valence-corrected chi connectivity index (χ1v) is 7.54. The molecule has 1 amide bonds. The lowest BCUT2D eigenvalue weighted by molar-refractivity contribution is -0.127. The van der Waals surface area contributed by atoms with E-state index < -0.39 is 31.1 Å². The fraction of sp³-hybridized carbons (Fsp3) is 0.615. The van der Waals surface area contributed by atoms with E-state index in [0.717, 1.165) is 0 Å². The summed E-state index contributed by atoms with van der Waals surface area (Å²) in [6.07, 6.45) is -2.28. The molecule has 1 saturated heterocycles. The highest BCUT2D eigenvalue weighted by Gasteiger charge is 2.45. The fourth-order valence-corrected chi connectivity index (χ4v) is 2.88. The number of hydrogen-bond acceptors (Lipinski definition) is 8. The van der Waals surface area contributed by atoms with Crippen LogP contribution in [-0.4, -0.2) is 85.3 Å². The van der Waals surface area contributed by atoms with Gasteiger partial charge in [0.1, 0.15) is 36.5 Å². The zero-order chi connectivity index (χ0) is 17.4. The van der Waals surface area contributed by atoms with Crippen LogP contribution < -0.4 is 5.32 Å². The first-order chi connectivity index (χ1) is 11.5. The van der Waals surface area contributed by atoms with Crippen molar-refractivity contribution in [2.24, 2.45) is 0 Å². The summed E-state index contributed by atoms with van der Waals surface area (Å²) in [5, 5.41) is 43.2. The number of fused-ring (bicyclic) bond motifs is 1. The molecule has 0 aromatic carbocycles. The standard InChI is InChI=1S/C13H20N6O5/c1-2-17(6-21)19-5-16-12-8(11(19)14)15-4-18(12)13-10(23)9(22)7(3-20)24-13/h4,6-7,9-10,13-14,16,20,22-23H,2-3,5H2,1H3/t7-,9-,10-,13-/m1/s1. The molecule has 0 bridgehead atoms. The lowest BCUT2D eigenvalue weighted by Crippen LogP contribution is -2.51. The van der Waals surface area contributed by atoms with Gasteiger partial charge in [0.25, 0.3) is 0 Å². The van der Waals surface area contributed by atoms with Gasteiger partial charge in [0.15, 0.2) is 12.1 Å². The average Bonchev–Trinajstić information content (AvgIpc) is 3.13. The second-order valence-electron chi connectivity index (χ2n) is 5.52. The lowest BCUT2D eigenvalue weighted by atomic mass is 10.1. The van der Waals surface area contributed by atoms with Crippen molar-refractivity contribution < 1.29 is 24.9 Å². The van der Waals surface area contributed by atoms with Gasteiger partial charge in [-0.3, -0.25) is 19.8 Å². The first-order valence-electron chi connectivity index (χ1n) is 7.54. The molecule has 132 valence electrons. The van der Waals surface area contributed by atoms with Crippen molar-refractivity contribution in [1.82, 2.24) is 19.6 Å². The molecule has 0 unspecified atom stereocenters. The van der Waals surface area contributed by atoms with Crippen molar-refractivity contribution in [3.63, 3.8) is 0 Å². The Morgan fingerprint density at radius 3 is 2.88 bits per heavy atom. The predicted molar refractivity (Wildman–Crippen MR) is 80.8 cm³/mol. The van der Waals surface area contributed by atoms with E-state index in [9.17, 15) is 20.1 Å². The van der Waals surface area contributed by atoms with Gasteiger partial charge in [0.2, 0.25) is 6.41 Å². The monoisotopic (exact) mass is 340 g/mol. The van der Waals surface area contributed by atoms with E-state index in [4.69, 9.17) is 10.1 Å². The Labute approximate surface area is 137 Å². The minimum Gasteiger partial charge on any atom is -0.394 e. The fourth-order valence-electron chi connectivity index (χ4n) is 2.88. The number of amidine groups is 1. The van der Waals surface area contributed by atoms with Crippen molar-refractivity contribution >= 4 is 18.1 Å². The molecule has 1 fully saturated rings. The van der Waals surface area contributed by atoms with Gasteiger partial charge in [-0.05, 0) is 6.92 Å². The molecule has 2 aliphatic rings. The van der Waals surface area contributed by atoms with Crippen LogP contribution in [0.5, 0.6) is 0 Å². The van der Waals surface area contributed by atoms with Gasteiger partial charge in [-0.15, -0.1) is 0 Å². The van der Waals surface area contributed by atoms with E-state index in [1.54, 1.807) is 6.92 Å². The molecule has 11 heteroatoms. The Morgan fingerprint density at radius 2 is 2.29 bits per heavy atom. The Morgan fingerprint density at radius 1 is 1.54 bits per heavy atom. The number of aromatic nitrogens is 2. The summed E-state index contributed by atoms with van der Waals surface area (Å²) in [6, 6.07) is 0. The molecule has 24 heavy (non-hydrogen) atoms. The second-order valence-corrected chi connectivity index (χ2v) is 5.52. The number of nitrogens with zero attached hydrogens (tertiary/aromatic N) is 4. The maximum atomic E-state index is 11.1. The molecular formula is C13H20N6O5. The van der Waals surface area contributed by atoms with Crippen LogP contribution in [0.3, 0.4) is 0 Å². The Bertz CT molecular complexity index is 636. The van der Waals surface area contributed by atoms with Crippen LogP contribution in [-0.2, 0) is 9.53 Å². The number of amides is 1. The second kappa shape index (κ2) is 6.36. The molecule has 3 rings (SSSR count). The van der Waals surface area contributed by atoms with Crippen LogP contribution in [0.25, 0.3) is 0 Å². The number of carbonyl (C=O) groups is 1. The number of ether oxygens (including phenoxy) is 1. The molecule has 1 aromatic heterocycles. The number of anilines is 1. The topological polar surface area (TPSA) is 147 Å². The smallest absolute Gasteiger partial charge is 0.228 e. The zero-order valence-corrected chi connectivity index (χ0v) is 13.0. The van der Waals surface area contributed by atoms with Gasteiger partial charge in [-0.2, -0.15) is 0 Å². The molecule has 0 radical (unpaired) electrons. The summed E-state index contributed by atoms with van der Waals surface area (Å²) in [7, 11) is 0. The number of hydrazine groups is 1. The van der Waals surface area contributed by atoms with Crippen LogP contribution >= 0.6 is 0 Å². The number of hydrogen-bond donors (Lipinski definition) is 5.